The largest absolute Gasteiger partial charge is 0.339 e. The first-order chi connectivity index (χ1) is 18.1. The molecule has 6 nitrogen and oxygen atoms in total. The topological polar surface area (TPSA) is 61.9 Å². The predicted molar refractivity (Wildman–Crippen MR) is 154 cm³/mol. The minimum absolute atomic E-state index is 0.0101. The lowest BCUT2D eigenvalue weighted by Crippen LogP contribution is -2.70. The molecule has 2 heterocycles. The summed E-state index contributed by atoms with van der Waals surface area (Å²) in [7, 11) is 0. The third-order valence-electron chi connectivity index (χ3n) is 9.74. The molecule has 3 amide bonds. The van der Waals surface area contributed by atoms with E-state index in [0.29, 0.717) is 19.4 Å². The van der Waals surface area contributed by atoms with E-state index in [4.69, 9.17) is 4.74 Å². The second-order valence-electron chi connectivity index (χ2n) is 14.0. The summed E-state index contributed by atoms with van der Waals surface area (Å²) < 4.78 is 7.22. The Kier molecular flexibility index (Phi) is 9.21. The number of piperidine rings is 1. The Morgan fingerprint density at radius 2 is 1.34 bits per heavy atom. The van der Waals surface area contributed by atoms with Crippen molar-refractivity contribution >= 4 is 11.9 Å². The highest BCUT2D eigenvalue weighted by Crippen LogP contribution is 2.53. The maximum absolute atomic E-state index is 14.4. The Morgan fingerprint density at radius 3 is 1.84 bits per heavy atom. The summed E-state index contributed by atoms with van der Waals surface area (Å²) in [4.78, 5) is 32.2. The van der Waals surface area contributed by atoms with E-state index in [1.807, 2.05) is 15.9 Å². The first-order valence-electron chi connectivity index (χ1n) is 15.8. The van der Waals surface area contributed by atoms with Crippen molar-refractivity contribution < 1.29 is 14.3 Å². The number of nitrogens with one attached hydrogen (secondary N) is 1. The number of hydrogen-bond donors (Lipinski definition) is 1. The van der Waals surface area contributed by atoms with Crippen molar-refractivity contribution in [2.45, 2.75) is 172 Å². The van der Waals surface area contributed by atoms with Gasteiger partial charge in [-0.25, -0.2) is 4.79 Å². The van der Waals surface area contributed by atoms with Crippen molar-refractivity contribution in [2.24, 2.45) is 0 Å². The molecular formula is C32H55N3O3. The lowest BCUT2D eigenvalue weighted by molar-refractivity contribution is -0.191. The van der Waals surface area contributed by atoms with Crippen LogP contribution in [0.3, 0.4) is 0 Å². The van der Waals surface area contributed by atoms with Gasteiger partial charge in [-0.2, -0.15) is 0 Å². The van der Waals surface area contributed by atoms with Gasteiger partial charge in [-0.15, -0.1) is 6.58 Å². The van der Waals surface area contributed by atoms with Crippen LogP contribution in [0.25, 0.3) is 0 Å². The summed E-state index contributed by atoms with van der Waals surface area (Å²) in [6.07, 6.45) is 21.5. The van der Waals surface area contributed by atoms with Crippen molar-refractivity contribution in [2.75, 3.05) is 6.54 Å². The molecule has 0 bridgehead atoms. The molecule has 1 N–H and O–H groups in total. The van der Waals surface area contributed by atoms with Crippen LogP contribution in [0.2, 0.25) is 0 Å². The molecule has 216 valence electrons. The molecule has 0 atom stereocenters. The van der Waals surface area contributed by atoms with E-state index >= 15 is 0 Å². The lowest BCUT2D eigenvalue weighted by Gasteiger charge is -2.57. The van der Waals surface area contributed by atoms with Crippen LogP contribution in [-0.2, 0) is 9.53 Å². The number of carbonyl (C=O) groups excluding carboxylic acids is 2. The third kappa shape index (κ3) is 6.10. The molecule has 0 aromatic heterocycles. The van der Waals surface area contributed by atoms with Gasteiger partial charge < -0.3 is 19.9 Å². The monoisotopic (exact) mass is 529 g/mol. The van der Waals surface area contributed by atoms with E-state index in [1.54, 1.807) is 0 Å². The zero-order chi connectivity index (χ0) is 27.4. The van der Waals surface area contributed by atoms with Crippen molar-refractivity contribution in [1.82, 2.24) is 15.1 Å². The Hall–Kier alpha value is -1.56. The van der Waals surface area contributed by atoms with Crippen LogP contribution in [0.5, 0.6) is 0 Å². The smallest absolute Gasteiger partial charge is 0.318 e. The fourth-order valence-electron chi connectivity index (χ4n) is 8.51. The summed E-state index contributed by atoms with van der Waals surface area (Å²) >= 11 is 0. The van der Waals surface area contributed by atoms with Crippen LogP contribution in [0, 0.1) is 0 Å². The number of likely N-dealkylation sites (tertiary alicyclic amines) is 1. The highest BCUT2D eigenvalue weighted by molar-refractivity contribution is 5.89. The standard InChI is InChI=1S/C32H55N3O3/c1-6-23-34-27(36)31(38-32(34)21-17-12-10-8-7-9-11-13-18-22-32)24-29(2,3)35(30(4,5)25-31)28(37)33-26-19-15-14-16-20-26/h6,26H,1,7-25H2,2-5H3,(H,33,37). The Morgan fingerprint density at radius 1 is 0.868 bits per heavy atom. The number of hydrogen-bond acceptors (Lipinski definition) is 3. The predicted octanol–water partition coefficient (Wildman–Crippen LogP) is 7.47. The van der Waals surface area contributed by atoms with E-state index < -0.39 is 22.4 Å². The molecule has 2 aliphatic heterocycles. The summed E-state index contributed by atoms with van der Waals surface area (Å²) in [5.41, 5.74) is -2.52. The first-order valence-corrected chi connectivity index (χ1v) is 15.8. The maximum Gasteiger partial charge on any atom is 0.318 e. The van der Waals surface area contributed by atoms with Crippen LogP contribution in [0.4, 0.5) is 4.79 Å². The Labute approximate surface area is 232 Å². The van der Waals surface area contributed by atoms with Gasteiger partial charge in [0.1, 0.15) is 5.72 Å². The SMILES string of the molecule is C=CCN1C(=O)C2(CC(C)(C)N(C(=O)NC3CCCCC3)C(C)(C)C2)OC12CCCCCCCCCCC2. The highest BCUT2D eigenvalue weighted by Gasteiger charge is 2.66. The summed E-state index contributed by atoms with van der Waals surface area (Å²) in [5.74, 6) is 0.109. The van der Waals surface area contributed by atoms with Gasteiger partial charge in [0.25, 0.3) is 5.91 Å². The molecule has 38 heavy (non-hydrogen) atoms. The van der Waals surface area contributed by atoms with E-state index in [9.17, 15) is 9.59 Å². The van der Waals surface area contributed by atoms with Gasteiger partial charge in [0, 0.05) is 36.5 Å². The quantitative estimate of drug-likeness (QED) is 0.386. The lowest BCUT2D eigenvalue weighted by atomic mass is 9.70. The average molecular weight is 530 g/mol. The molecule has 0 radical (unpaired) electrons. The molecule has 6 heteroatoms. The number of urea groups is 1. The fraction of sp³-hybridized carbons (Fsp3) is 0.875. The van der Waals surface area contributed by atoms with Gasteiger partial charge in [0.15, 0.2) is 5.60 Å². The van der Waals surface area contributed by atoms with E-state index in [1.165, 1.54) is 64.2 Å². The van der Waals surface area contributed by atoms with E-state index in [-0.39, 0.29) is 18.0 Å². The minimum atomic E-state index is -0.908. The zero-order valence-electron chi connectivity index (χ0n) is 24.9. The van der Waals surface area contributed by atoms with E-state index in [0.717, 1.165) is 38.5 Å². The van der Waals surface area contributed by atoms with Crippen molar-refractivity contribution in [1.29, 1.82) is 0 Å². The van der Waals surface area contributed by atoms with Gasteiger partial charge in [-0.3, -0.25) is 4.79 Å². The Bertz CT molecular complexity index is 815. The third-order valence-corrected chi connectivity index (χ3v) is 9.74. The molecule has 2 saturated carbocycles. The molecule has 0 aromatic rings. The number of carbonyl (C=O) groups is 2. The van der Waals surface area contributed by atoms with Gasteiger partial charge in [-0.05, 0) is 66.2 Å². The zero-order valence-corrected chi connectivity index (χ0v) is 24.9. The highest BCUT2D eigenvalue weighted by atomic mass is 16.6. The molecular weight excluding hydrogens is 474 g/mol. The molecule has 2 saturated heterocycles. The normalized spacial score (nSPS) is 28.1. The molecule has 2 spiro atoms. The molecule has 2 aliphatic carbocycles. The van der Waals surface area contributed by atoms with Crippen molar-refractivity contribution in [3.63, 3.8) is 0 Å². The summed E-state index contributed by atoms with van der Waals surface area (Å²) in [5, 5.41) is 3.35. The van der Waals surface area contributed by atoms with Crippen LogP contribution >= 0.6 is 0 Å². The first kappa shape index (κ1) is 29.4. The summed E-state index contributed by atoms with van der Waals surface area (Å²) in [6.45, 7) is 13.0. The van der Waals surface area contributed by atoms with Gasteiger partial charge >= 0.3 is 6.03 Å². The second kappa shape index (κ2) is 11.9. The summed E-state index contributed by atoms with van der Waals surface area (Å²) in [6, 6.07) is 0.265. The fourth-order valence-corrected chi connectivity index (χ4v) is 8.51. The number of rotatable bonds is 3. The number of nitrogens with zero attached hydrogens (tertiary/aromatic N) is 2. The molecule has 4 rings (SSSR count). The van der Waals surface area contributed by atoms with Crippen LogP contribution in [0.15, 0.2) is 12.7 Å². The Balaban J connectivity index is 1.60. The van der Waals surface area contributed by atoms with Gasteiger partial charge in [0.2, 0.25) is 0 Å². The second-order valence-corrected chi connectivity index (χ2v) is 14.0. The average Bonchev–Trinajstić information content (AvgIpc) is 3.02. The molecule has 4 fully saturated rings. The van der Waals surface area contributed by atoms with Crippen LogP contribution in [-0.4, -0.2) is 56.7 Å². The molecule has 0 aromatic carbocycles. The minimum Gasteiger partial charge on any atom is -0.339 e. The molecule has 4 aliphatic rings. The van der Waals surface area contributed by atoms with Crippen molar-refractivity contribution in [3.05, 3.63) is 12.7 Å². The van der Waals surface area contributed by atoms with Gasteiger partial charge in [0.05, 0.1) is 0 Å². The maximum atomic E-state index is 14.4. The van der Waals surface area contributed by atoms with E-state index in [2.05, 4.69) is 39.6 Å². The number of amides is 3. The molecule has 0 unspecified atom stereocenters. The van der Waals surface area contributed by atoms with Crippen LogP contribution in [0.1, 0.15) is 143 Å². The van der Waals surface area contributed by atoms with Gasteiger partial charge in [-0.1, -0.05) is 70.3 Å². The van der Waals surface area contributed by atoms with Crippen LogP contribution < -0.4 is 5.32 Å². The van der Waals surface area contributed by atoms with Crippen molar-refractivity contribution in [3.8, 4) is 0 Å². The number of ether oxygens (including phenoxy) is 1.